The Labute approximate surface area is 118 Å². The van der Waals surface area contributed by atoms with Gasteiger partial charge in [-0.25, -0.2) is 0 Å². The third-order valence-electron chi connectivity index (χ3n) is 3.48. The maximum absolute atomic E-state index is 10.6. The predicted molar refractivity (Wildman–Crippen MR) is 72.8 cm³/mol. The van der Waals surface area contributed by atoms with E-state index in [1.807, 2.05) is 0 Å². The average molecular weight is 282 g/mol. The molecule has 1 aromatic rings. The number of rotatable bonds is 6. The number of hydrogen-bond acceptors (Lipinski definition) is 7. The maximum atomic E-state index is 10.6. The highest BCUT2D eigenvalue weighted by Crippen LogP contribution is 2.10. The van der Waals surface area contributed by atoms with E-state index in [4.69, 9.17) is 10.3 Å². The van der Waals surface area contributed by atoms with Gasteiger partial charge in [-0.15, -0.1) is 0 Å². The average Bonchev–Trinajstić information content (AvgIpc) is 2.81. The molecule has 3 N–H and O–H groups in total. The van der Waals surface area contributed by atoms with Gasteiger partial charge < -0.3 is 20.1 Å². The molecular formula is C12H22N6O2. The van der Waals surface area contributed by atoms with Gasteiger partial charge in [-0.3, -0.25) is 10.1 Å². The Kier molecular flexibility index (Phi) is 5.05. The van der Waals surface area contributed by atoms with Gasteiger partial charge in [-0.05, 0) is 14.1 Å². The van der Waals surface area contributed by atoms with E-state index >= 15 is 0 Å². The van der Waals surface area contributed by atoms with Crippen molar-refractivity contribution in [3.8, 4) is 0 Å². The molecule has 1 aliphatic rings. The lowest BCUT2D eigenvalue weighted by molar-refractivity contribution is -0.117. The molecule has 0 spiro atoms. The predicted octanol–water partition coefficient (Wildman–Crippen LogP) is -1.57. The molecule has 112 valence electrons. The highest BCUT2D eigenvalue weighted by atomic mass is 16.5. The summed E-state index contributed by atoms with van der Waals surface area (Å²) in [6, 6.07) is 0.401. The van der Waals surface area contributed by atoms with Crippen LogP contribution in [0.5, 0.6) is 0 Å². The number of amides is 1. The minimum atomic E-state index is -0.406. The summed E-state index contributed by atoms with van der Waals surface area (Å²) in [5.74, 6) is 0.776. The van der Waals surface area contributed by atoms with E-state index in [2.05, 4.69) is 39.4 Å². The molecule has 1 fully saturated rings. The first-order valence-electron chi connectivity index (χ1n) is 6.74. The molecule has 20 heavy (non-hydrogen) atoms. The number of nitrogens with two attached hydrogens (primary N) is 1. The molecular weight excluding hydrogens is 260 g/mol. The van der Waals surface area contributed by atoms with E-state index in [9.17, 15) is 4.79 Å². The van der Waals surface area contributed by atoms with Crippen molar-refractivity contribution >= 4 is 5.91 Å². The number of hydrogen-bond donors (Lipinski definition) is 2. The van der Waals surface area contributed by atoms with Crippen molar-refractivity contribution in [2.24, 2.45) is 5.73 Å². The van der Waals surface area contributed by atoms with Gasteiger partial charge in [-0.2, -0.15) is 4.98 Å². The van der Waals surface area contributed by atoms with Crippen LogP contribution in [-0.2, 0) is 17.8 Å². The van der Waals surface area contributed by atoms with E-state index in [1.165, 1.54) is 0 Å². The Morgan fingerprint density at radius 2 is 2.30 bits per heavy atom. The molecule has 1 unspecified atom stereocenters. The van der Waals surface area contributed by atoms with E-state index < -0.39 is 5.91 Å². The number of aromatic nitrogens is 2. The van der Waals surface area contributed by atoms with Gasteiger partial charge in [0.05, 0.1) is 13.1 Å². The first-order chi connectivity index (χ1) is 9.54. The van der Waals surface area contributed by atoms with Gasteiger partial charge in [0, 0.05) is 32.1 Å². The van der Waals surface area contributed by atoms with Crippen LogP contribution in [-0.4, -0.2) is 72.2 Å². The second-order valence-corrected chi connectivity index (χ2v) is 5.28. The van der Waals surface area contributed by atoms with Gasteiger partial charge in [0.2, 0.25) is 11.8 Å². The molecule has 1 saturated heterocycles. The van der Waals surface area contributed by atoms with E-state index in [1.54, 1.807) is 0 Å². The van der Waals surface area contributed by atoms with Crippen LogP contribution < -0.4 is 11.1 Å². The lowest BCUT2D eigenvalue weighted by atomic mass is 10.1. The third kappa shape index (κ3) is 4.26. The monoisotopic (exact) mass is 282 g/mol. The van der Waals surface area contributed by atoms with E-state index in [0.717, 1.165) is 26.1 Å². The van der Waals surface area contributed by atoms with Crippen molar-refractivity contribution in [2.75, 3.05) is 40.3 Å². The number of primary amides is 1. The number of nitrogens with one attached hydrogen (secondary N) is 1. The van der Waals surface area contributed by atoms with Crippen molar-refractivity contribution in [2.45, 2.75) is 19.0 Å². The summed E-state index contributed by atoms with van der Waals surface area (Å²) in [6.45, 7) is 3.60. The van der Waals surface area contributed by atoms with Crippen LogP contribution in [0.2, 0.25) is 0 Å². The standard InChI is InChI=1S/C12H22N6O2/c1-17-3-4-18(2)9(8-17)5-11-15-12(20-16-11)7-14-6-10(13)19/h9,14H,3-8H2,1-2H3,(H2,13,19). The summed E-state index contributed by atoms with van der Waals surface area (Å²) in [6.07, 6.45) is 0.764. The SMILES string of the molecule is CN1CCN(C)C(Cc2noc(CNCC(N)=O)n2)C1. The molecule has 1 amide bonds. The summed E-state index contributed by atoms with van der Waals surface area (Å²) < 4.78 is 5.14. The summed E-state index contributed by atoms with van der Waals surface area (Å²) >= 11 is 0. The molecule has 2 rings (SSSR count). The maximum Gasteiger partial charge on any atom is 0.240 e. The van der Waals surface area contributed by atoms with Crippen molar-refractivity contribution in [3.63, 3.8) is 0 Å². The minimum absolute atomic E-state index is 0.105. The van der Waals surface area contributed by atoms with Crippen LogP contribution in [0.1, 0.15) is 11.7 Å². The van der Waals surface area contributed by atoms with Crippen LogP contribution in [0.4, 0.5) is 0 Å². The van der Waals surface area contributed by atoms with E-state index in [0.29, 0.717) is 24.3 Å². The van der Waals surface area contributed by atoms with Crippen LogP contribution in [0.3, 0.4) is 0 Å². The Morgan fingerprint density at radius 1 is 1.50 bits per heavy atom. The number of nitrogens with zero attached hydrogens (tertiary/aromatic N) is 4. The lowest BCUT2D eigenvalue weighted by Crippen LogP contribution is -2.50. The van der Waals surface area contributed by atoms with Gasteiger partial charge in [0.15, 0.2) is 5.82 Å². The van der Waals surface area contributed by atoms with Crippen molar-refractivity contribution in [1.82, 2.24) is 25.3 Å². The smallest absolute Gasteiger partial charge is 0.240 e. The van der Waals surface area contributed by atoms with Crippen molar-refractivity contribution < 1.29 is 9.32 Å². The molecule has 1 aliphatic heterocycles. The van der Waals surface area contributed by atoms with Crippen molar-refractivity contribution in [3.05, 3.63) is 11.7 Å². The minimum Gasteiger partial charge on any atom is -0.369 e. The Morgan fingerprint density at radius 3 is 3.05 bits per heavy atom. The zero-order valence-corrected chi connectivity index (χ0v) is 12.0. The van der Waals surface area contributed by atoms with Gasteiger partial charge in [-0.1, -0.05) is 5.16 Å². The number of likely N-dealkylation sites (N-methyl/N-ethyl adjacent to an activating group) is 2. The molecule has 0 aliphatic carbocycles. The highest BCUT2D eigenvalue weighted by molar-refractivity contribution is 5.75. The molecule has 8 nitrogen and oxygen atoms in total. The Balaban J connectivity index is 1.84. The normalized spacial score (nSPS) is 21.2. The summed E-state index contributed by atoms with van der Waals surface area (Å²) in [4.78, 5) is 19.6. The zero-order valence-electron chi connectivity index (χ0n) is 12.0. The largest absolute Gasteiger partial charge is 0.369 e. The molecule has 1 atom stereocenters. The molecule has 2 heterocycles. The second kappa shape index (κ2) is 6.78. The van der Waals surface area contributed by atoms with Gasteiger partial charge in [0.25, 0.3) is 0 Å². The fourth-order valence-corrected chi connectivity index (χ4v) is 2.27. The quantitative estimate of drug-likeness (QED) is 0.650. The fourth-order valence-electron chi connectivity index (χ4n) is 2.27. The molecule has 0 saturated carbocycles. The molecule has 0 radical (unpaired) electrons. The lowest BCUT2D eigenvalue weighted by Gasteiger charge is -2.37. The van der Waals surface area contributed by atoms with Crippen molar-refractivity contribution in [1.29, 1.82) is 0 Å². The molecule has 0 aromatic carbocycles. The molecule has 8 heteroatoms. The van der Waals surface area contributed by atoms with Crippen LogP contribution in [0, 0.1) is 0 Å². The topological polar surface area (TPSA) is 101 Å². The third-order valence-corrected chi connectivity index (χ3v) is 3.48. The van der Waals surface area contributed by atoms with Gasteiger partial charge in [0.1, 0.15) is 0 Å². The zero-order chi connectivity index (χ0) is 14.5. The van der Waals surface area contributed by atoms with Crippen LogP contribution in [0.25, 0.3) is 0 Å². The Bertz CT molecular complexity index is 449. The van der Waals surface area contributed by atoms with Crippen LogP contribution in [0.15, 0.2) is 4.52 Å². The van der Waals surface area contributed by atoms with Gasteiger partial charge >= 0.3 is 0 Å². The first kappa shape index (κ1) is 14.9. The number of piperazine rings is 1. The molecule has 0 bridgehead atoms. The number of carbonyl (C=O) groups excluding carboxylic acids is 1. The Hall–Kier alpha value is -1.51. The second-order valence-electron chi connectivity index (χ2n) is 5.28. The highest BCUT2D eigenvalue weighted by Gasteiger charge is 2.24. The molecule has 1 aromatic heterocycles. The van der Waals surface area contributed by atoms with Crippen LogP contribution >= 0.6 is 0 Å². The number of carbonyl (C=O) groups is 1. The summed E-state index contributed by atoms with van der Waals surface area (Å²) in [5.41, 5.74) is 5.04. The fraction of sp³-hybridized carbons (Fsp3) is 0.750. The summed E-state index contributed by atoms with van der Waals surface area (Å²) in [5, 5.41) is 6.82. The first-order valence-corrected chi connectivity index (χ1v) is 6.74. The van der Waals surface area contributed by atoms with E-state index in [-0.39, 0.29) is 6.54 Å². The summed E-state index contributed by atoms with van der Waals surface area (Å²) in [7, 11) is 4.24.